The summed E-state index contributed by atoms with van der Waals surface area (Å²) in [6.45, 7) is 2.62. The molecule has 1 aromatic rings. The van der Waals surface area contributed by atoms with Crippen LogP contribution in [0.15, 0.2) is 18.2 Å². The molecule has 0 atom stereocenters. The standard InChI is InChI=1S/C13H16O5/c1-8(14)13(9(2)15)18-10-5-6-11(16-3)12(7-10)17-4/h5-7,13H,1-4H3. The molecule has 5 heteroatoms. The Morgan fingerprint density at radius 2 is 1.56 bits per heavy atom. The number of carbonyl (C=O) groups is 2. The molecule has 0 saturated carbocycles. The van der Waals surface area contributed by atoms with Gasteiger partial charge in [-0.2, -0.15) is 0 Å². The minimum absolute atomic E-state index is 0.336. The molecule has 0 radical (unpaired) electrons. The first-order valence-electron chi connectivity index (χ1n) is 5.39. The molecular weight excluding hydrogens is 236 g/mol. The maximum atomic E-state index is 11.3. The summed E-state index contributed by atoms with van der Waals surface area (Å²) in [5, 5.41) is 0. The molecule has 0 amide bonds. The lowest BCUT2D eigenvalue weighted by molar-refractivity contribution is -0.134. The molecule has 98 valence electrons. The summed E-state index contributed by atoms with van der Waals surface area (Å²) in [5.41, 5.74) is 0. The Kier molecular flexibility index (Phi) is 4.71. The predicted octanol–water partition coefficient (Wildman–Crippen LogP) is 1.63. The van der Waals surface area contributed by atoms with E-state index >= 15 is 0 Å². The van der Waals surface area contributed by atoms with Crippen molar-refractivity contribution >= 4 is 11.6 Å². The summed E-state index contributed by atoms with van der Waals surface area (Å²) in [6, 6.07) is 4.82. The van der Waals surface area contributed by atoms with Gasteiger partial charge < -0.3 is 14.2 Å². The second-order valence-electron chi connectivity index (χ2n) is 3.74. The largest absolute Gasteiger partial charge is 0.493 e. The zero-order valence-corrected chi connectivity index (χ0v) is 10.9. The van der Waals surface area contributed by atoms with E-state index in [4.69, 9.17) is 14.2 Å². The van der Waals surface area contributed by atoms with Crippen LogP contribution in [-0.2, 0) is 9.59 Å². The third-order valence-corrected chi connectivity index (χ3v) is 2.35. The summed E-state index contributed by atoms with van der Waals surface area (Å²) >= 11 is 0. The molecule has 0 aromatic heterocycles. The van der Waals surface area contributed by atoms with Crippen LogP contribution in [0.2, 0.25) is 0 Å². The van der Waals surface area contributed by atoms with E-state index in [1.54, 1.807) is 18.2 Å². The third-order valence-electron chi connectivity index (χ3n) is 2.35. The molecule has 0 saturated heterocycles. The van der Waals surface area contributed by atoms with Gasteiger partial charge in [-0.15, -0.1) is 0 Å². The lowest BCUT2D eigenvalue weighted by Crippen LogP contribution is -2.32. The fourth-order valence-corrected chi connectivity index (χ4v) is 1.48. The fourth-order valence-electron chi connectivity index (χ4n) is 1.48. The van der Waals surface area contributed by atoms with Crippen molar-refractivity contribution in [2.24, 2.45) is 0 Å². The highest BCUT2D eigenvalue weighted by atomic mass is 16.5. The Hall–Kier alpha value is -2.04. The number of Topliss-reactive ketones (excluding diaryl/α,β-unsaturated/α-hetero) is 2. The van der Waals surface area contributed by atoms with Gasteiger partial charge in [0.15, 0.2) is 23.1 Å². The average Bonchev–Trinajstić information content (AvgIpc) is 2.34. The zero-order chi connectivity index (χ0) is 13.7. The minimum atomic E-state index is -1.08. The summed E-state index contributed by atoms with van der Waals surface area (Å²) < 4.78 is 15.5. The fraction of sp³-hybridized carbons (Fsp3) is 0.385. The van der Waals surface area contributed by atoms with Gasteiger partial charge in [0.05, 0.1) is 14.2 Å². The second-order valence-corrected chi connectivity index (χ2v) is 3.74. The van der Waals surface area contributed by atoms with E-state index in [2.05, 4.69) is 0 Å². The Bertz CT molecular complexity index is 439. The molecule has 0 heterocycles. The van der Waals surface area contributed by atoms with Gasteiger partial charge in [0.2, 0.25) is 6.10 Å². The van der Waals surface area contributed by atoms with Crippen molar-refractivity contribution in [1.29, 1.82) is 0 Å². The molecule has 1 rings (SSSR count). The van der Waals surface area contributed by atoms with E-state index in [0.29, 0.717) is 17.2 Å². The number of methoxy groups -OCH3 is 2. The van der Waals surface area contributed by atoms with Crippen molar-refractivity contribution in [3.05, 3.63) is 18.2 Å². The number of rotatable bonds is 6. The summed E-state index contributed by atoms with van der Waals surface area (Å²) in [5.74, 6) is 0.727. The molecule has 18 heavy (non-hydrogen) atoms. The second kappa shape index (κ2) is 6.05. The SMILES string of the molecule is COc1ccc(OC(C(C)=O)C(C)=O)cc1OC. The predicted molar refractivity (Wildman–Crippen MR) is 65.3 cm³/mol. The molecule has 0 unspecified atom stereocenters. The normalized spacial score (nSPS) is 10.1. The Balaban J connectivity index is 2.97. The summed E-state index contributed by atoms with van der Waals surface area (Å²) in [4.78, 5) is 22.5. The van der Waals surface area contributed by atoms with Gasteiger partial charge in [0.1, 0.15) is 5.75 Å². The zero-order valence-electron chi connectivity index (χ0n) is 10.9. The highest BCUT2D eigenvalue weighted by molar-refractivity contribution is 6.03. The molecule has 0 aliphatic rings. The van der Waals surface area contributed by atoms with Gasteiger partial charge in [-0.1, -0.05) is 0 Å². The van der Waals surface area contributed by atoms with Gasteiger partial charge in [-0.3, -0.25) is 9.59 Å². The van der Waals surface area contributed by atoms with E-state index in [-0.39, 0.29) is 11.6 Å². The number of ether oxygens (including phenoxy) is 3. The van der Waals surface area contributed by atoms with Gasteiger partial charge in [0.25, 0.3) is 0 Å². The van der Waals surface area contributed by atoms with Crippen molar-refractivity contribution in [1.82, 2.24) is 0 Å². The molecule has 1 aromatic carbocycles. The Morgan fingerprint density at radius 1 is 1.00 bits per heavy atom. The van der Waals surface area contributed by atoms with E-state index in [1.807, 2.05) is 0 Å². The molecule has 5 nitrogen and oxygen atoms in total. The van der Waals surface area contributed by atoms with Crippen LogP contribution in [0.3, 0.4) is 0 Å². The molecule has 0 fully saturated rings. The highest BCUT2D eigenvalue weighted by Gasteiger charge is 2.21. The maximum absolute atomic E-state index is 11.3. The summed E-state index contributed by atoms with van der Waals surface area (Å²) in [6.07, 6.45) is -1.08. The molecule has 0 aliphatic carbocycles. The van der Waals surface area contributed by atoms with Crippen molar-refractivity contribution in [3.63, 3.8) is 0 Å². The van der Waals surface area contributed by atoms with Gasteiger partial charge >= 0.3 is 0 Å². The van der Waals surface area contributed by atoms with Crippen LogP contribution in [0.1, 0.15) is 13.8 Å². The third kappa shape index (κ3) is 3.23. The first-order valence-corrected chi connectivity index (χ1v) is 5.39. The van der Waals surface area contributed by atoms with Crippen LogP contribution >= 0.6 is 0 Å². The highest BCUT2D eigenvalue weighted by Crippen LogP contribution is 2.31. The Labute approximate surface area is 106 Å². The van der Waals surface area contributed by atoms with E-state index in [0.717, 1.165) is 0 Å². The topological polar surface area (TPSA) is 61.8 Å². The molecule has 0 bridgehead atoms. The van der Waals surface area contributed by atoms with Crippen LogP contribution < -0.4 is 14.2 Å². The van der Waals surface area contributed by atoms with E-state index < -0.39 is 6.10 Å². The monoisotopic (exact) mass is 252 g/mol. The van der Waals surface area contributed by atoms with Gasteiger partial charge in [-0.05, 0) is 26.0 Å². The van der Waals surface area contributed by atoms with Gasteiger partial charge in [-0.25, -0.2) is 0 Å². The number of carbonyl (C=O) groups excluding carboxylic acids is 2. The van der Waals surface area contributed by atoms with Crippen molar-refractivity contribution in [2.45, 2.75) is 20.0 Å². The first kappa shape index (κ1) is 14.0. The van der Waals surface area contributed by atoms with Gasteiger partial charge in [0, 0.05) is 6.07 Å². The number of ketones is 2. The maximum Gasteiger partial charge on any atom is 0.214 e. The molecule has 0 spiro atoms. The number of hydrogen-bond acceptors (Lipinski definition) is 5. The molecule has 0 aliphatic heterocycles. The Morgan fingerprint density at radius 3 is 2.00 bits per heavy atom. The lowest BCUT2D eigenvalue weighted by Gasteiger charge is -2.15. The quantitative estimate of drug-likeness (QED) is 0.720. The molecular formula is C13H16O5. The lowest BCUT2D eigenvalue weighted by atomic mass is 10.2. The van der Waals surface area contributed by atoms with Crippen LogP contribution in [-0.4, -0.2) is 31.9 Å². The van der Waals surface area contributed by atoms with Crippen molar-refractivity contribution in [3.8, 4) is 17.2 Å². The van der Waals surface area contributed by atoms with Crippen molar-refractivity contribution in [2.75, 3.05) is 14.2 Å². The smallest absolute Gasteiger partial charge is 0.214 e. The number of hydrogen-bond donors (Lipinski definition) is 0. The average molecular weight is 252 g/mol. The van der Waals surface area contributed by atoms with E-state index in [9.17, 15) is 9.59 Å². The van der Waals surface area contributed by atoms with E-state index in [1.165, 1.54) is 28.1 Å². The first-order chi connectivity index (χ1) is 8.49. The number of benzene rings is 1. The van der Waals surface area contributed by atoms with Crippen LogP contribution in [0.4, 0.5) is 0 Å². The van der Waals surface area contributed by atoms with Crippen molar-refractivity contribution < 1.29 is 23.8 Å². The van der Waals surface area contributed by atoms with Crippen LogP contribution in [0, 0.1) is 0 Å². The van der Waals surface area contributed by atoms with Crippen LogP contribution in [0.25, 0.3) is 0 Å². The summed E-state index contributed by atoms with van der Waals surface area (Å²) in [7, 11) is 3.02. The molecule has 0 N–H and O–H groups in total. The van der Waals surface area contributed by atoms with Crippen LogP contribution in [0.5, 0.6) is 17.2 Å². The minimum Gasteiger partial charge on any atom is -0.493 e.